The van der Waals surface area contributed by atoms with Crippen LogP contribution in [0.5, 0.6) is 5.75 Å². The van der Waals surface area contributed by atoms with Crippen LogP contribution in [0.2, 0.25) is 10.0 Å². The van der Waals surface area contributed by atoms with Gasteiger partial charge in [0.1, 0.15) is 17.7 Å². The van der Waals surface area contributed by atoms with E-state index >= 15 is 0 Å². The lowest BCUT2D eigenvalue weighted by Crippen LogP contribution is -2.46. The van der Waals surface area contributed by atoms with Gasteiger partial charge in [0, 0.05) is 41.5 Å². The van der Waals surface area contributed by atoms with E-state index < -0.39 is 17.7 Å². The Bertz CT molecular complexity index is 1380. The van der Waals surface area contributed by atoms with Crippen molar-refractivity contribution in [2.75, 3.05) is 31.9 Å². The van der Waals surface area contributed by atoms with Crippen LogP contribution in [0.3, 0.4) is 0 Å². The van der Waals surface area contributed by atoms with Crippen molar-refractivity contribution in [1.82, 2.24) is 14.8 Å². The molecule has 1 unspecified atom stereocenters. The fourth-order valence-corrected chi connectivity index (χ4v) is 6.13. The fraction of sp³-hybridized carbons (Fsp3) is 0.379. The SMILES string of the molecule is CC(Oc1cc(-c2ccc(F)c(C(=O)N3CCC(N4CCCC4)CC3)c2)cnc1N)c1c(Cl)ccc(F)c1Cl. The van der Waals surface area contributed by atoms with Crippen LogP contribution in [0.4, 0.5) is 14.6 Å². The second-order valence-electron chi connectivity index (χ2n) is 10.1. The van der Waals surface area contributed by atoms with E-state index in [1.165, 1.54) is 43.3 Å². The first kappa shape index (κ1) is 27.6. The molecule has 6 nitrogen and oxygen atoms in total. The summed E-state index contributed by atoms with van der Waals surface area (Å²) in [5.41, 5.74) is 7.51. The smallest absolute Gasteiger partial charge is 0.256 e. The number of hydrogen-bond acceptors (Lipinski definition) is 5. The fourth-order valence-electron chi connectivity index (χ4n) is 5.45. The maximum Gasteiger partial charge on any atom is 0.256 e. The number of carbonyl (C=O) groups excluding carboxylic acids is 1. The summed E-state index contributed by atoms with van der Waals surface area (Å²) in [4.78, 5) is 21.8. The van der Waals surface area contributed by atoms with E-state index in [0.29, 0.717) is 30.3 Å². The lowest BCUT2D eigenvalue weighted by atomic mass is 10.0. The third-order valence-electron chi connectivity index (χ3n) is 7.61. The van der Waals surface area contributed by atoms with E-state index in [0.717, 1.165) is 25.9 Å². The van der Waals surface area contributed by atoms with Gasteiger partial charge in [-0.05, 0) is 81.6 Å². The first-order chi connectivity index (χ1) is 18.7. The first-order valence-corrected chi connectivity index (χ1v) is 13.9. The zero-order valence-corrected chi connectivity index (χ0v) is 23.1. The van der Waals surface area contributed by atoms with Crippen LogP contribution in [0.25, 0.3) is 11.1 Å². The number of carbonyl (C=O) groups is 1. The molecule has 2 fully saturated rings. The molecule has 0 radical (unpaired) electrons. The van der Waals surface area contributed by atoms with Crippen molar-refractivity contribution >= 4 is 34.9 Å². The Hall–Kier alpha value is -2.94. The summed E-state index contributed by atoms with van der Waals surface area (Å²) in [6.07, 6.45) is 5.04. The number of benzene rings is 2. The van der Waals surface area contributed by atoms with E-state index in [2.05, 4.69) is 9.88 Å². The van der Waals surface area contributed by atoms with Crippen molar-refractivity contribution in [2.45, 2.75) is 44.8 Å². The third-order valence-corrected chi connectivity index (χ3v) is 8.32. The predicted octanol–water partition coefficient (Wildman–Crippen LogP) is 6.76. The van der Waals surface area contributed by atoms with Gasteiger partial charge in [0.25, 0.3) is 5.91 Å². The molecule has 206 valence electrons. The van der Waals surface area contributed by atoms with Gasteiger partial charge in [0.05, 0.1) is 10.6 Å². The van der Waals surface area contributed by atoms with Gasteiger partial charge >= 0.3 is 0 Å². The van der Waals surface area contributed by atoms with Crippen molar-refractivity contribution in [3.63, 3.8) is 0 Å². The Morgan fingerprint density at radius 1 is 1.03 bits per heavy atom. The van der Waals surface area contributed by atoms with Gasteiger partial charge in [-0.15, -0.1) is 0 Å². The number of amides is 1. The van der Waals surface area contributed by atoms with Crippen molar-refractivity contribution < 1.29 is 18.3 Å². The summed E-state index contributed by atoms with van der Waals surface area (Å²) in [6.45, 7) is 5.12. The van der Waals surface area contributed by atoms with Crippen LogP contribution in [-0.2, 0) is 0 Å². The lowest BCUT2D eigenvalue weighted by molar-refractivity contribution is 0.0640. The van der Waals surface area contributed by atoms with Crippen molar-refractivity contribution in [1.29, 1.82) is 0 Å². The number of hydrogen-bond donors (Lipinski definition) is 1. The van der Waals surface area contributed by atoms with Crippen molar-refractivity contribution in [3.05, 3.63) is 75.4 Å². The Morgan fingerprint density at radius 2 is 1.72 bits per heavy atom. The first-order valence-electron chi connectivity index (χ1n) is 13.1. The van der Waals surface area contributed by atoms with Gasteiger partial charge in [-0.25, -0.2) is 13.8 Å². The number of pyridine rings is 1. The quantitative estimate of drug-likeness (QED) is 0.329. The van der Waals surface area contributed by atoms with Crippen LogP contribution >= 0.6 is 23.2 Å². The van der Waals surface area contributed by atoms with Crippen LogP contribution < -0.4 is 10.5 Å². The molecule has 2 N–H and O–H groups in total. The average molecular weight is 575 g/mol. The predicted molar refractivity (Wildman–Crippen MR) is 149 cm³/mol. The molecular weight excluding hydrogens is 545 g/mol. The zero-order chi connectivity index (χ0) is 27.7. The Morgan fingerprint density at radius 3 is 2.44 bits per heavy atom. The van der Waals surface area contributed by atoms with Crippen LogP contribution in [0, 0.1) is 11.6 Å². The number of aromatic nitrogens is 1. The number of nitrogen functional groups attached to an aromatic ring is 1. The summed E-state index contributed by atoms with van der Waals surface area (Å²) in [5, 5.41) is 0.117. The molecule has 3 heterocycles. The molecule has 5 rings (SSSR count). The molecule has 0 bridgehead atoms. The van der Waals surface area contributed by atoms with Crippen molar-refractivity contribution in [2.24, 2.45) is 0 Å². The lowest BCUT2D eigenvalue weighted by Gasteiger charge is -2.36. The molecule has 1 aromatic heterocycles. The van der Waals surface area contributed by atoms with Gasteiger partial charge in [-0.3, -0.25) is 4.79 Å². The van der Waals surface area contributed by atoms with E-state index in [9.17, 15) is 13.6 Å². The maximum atomic E-state index is 14.9. The minimum Gasteiger partial charge on any atom is -0.482 e. The summed E-state index contributed by atoms with van der Waals surface area (Å²) in [7, 11) is 0. The molecule has 2 aliphatic rings. The van der Waals surface area contributed by atoms with Gasteiger partial charge in [-0.2, -0.15) is 0 Å². The Kier molecular flexibility index (Phi) is 8.26. The molecule has 0 aliphatic carbocycles. The largest absolute Gasteiger partial charge is 0.482 e. The molecule has 2 aliphatic heterocycles. The average Bonchev–Trinajstić information content (AvgIpc) is 3.47. The summed E-state index contributed by atoms with van der Waals surface area (Å²) >= 11 is 12.4. The van der Waals surface area contributed by atoms with Gasteiger partial charge < -0.3 is 20.3 Å². The molecule has 1 atom stereocenters. The number of ether oxygens (including phenoxy) is 1. The normalized spacial score (nSPS) is 17.4. The van der Waals surface area contributed by atoms with Crippen LogP contribution in [0.15, 0.2) is 42.6 Å². The second-order valence-corrected chi connectivity index (χ2v) is 10.9. The highest BCUT2D eigenvalue weighted by Crippen LogP contribution is 2.37. The van der Waals surface area contributed by atoms with Gasteiger partial charge in [0.15, 0.2) is 11.6 Å². The minimum atomic E-state index is -0.742. The molecule has 2 saturated heterocycles. The topological polar surface area (TPSA) is 71.7 Å². The van der Waals surface area contributed by atoms with E-state index in [1.807, 2.05) is 0 Å². The maximum absolute atomic E-state index is 14.9. The Balaban J connectivity index is 1.34. The standard InChI is InChI=1S/C29H30Cl2F2N4O2/c1-17(26-22(30)5-7-24(33)27(26)31)39-25-15-19(16-35-28(25)34)18-4-6-23(32)21(14-18)29(38)37-12-8-20(9-13-37)36-10-2-3-11-36/h4-7,14-17,20H,2-3,8-13H2,1H3,(H2,34,35). The number of likely N-dealkylation sites (tertiary alicyclic amines) is 2. The highest BCUT2D eigenvalue weighted by atomic mass is 35.5. The summed E-state index contributed by atoms with van der Waals surface area (Å²) < 4.78 is 34.9. The summed E-state index contributed by atoms with van der Waals surface area (Å²) in [5.74, 6) is -1.19. The molecule has 2 aromatic carbocycles. The van der Waals surface area contributed by atoms with E-state index in [1.54, 1.807) is 24.0 Å². The second kappa shape index (κ2) is 11.7. The molecular formula is C29H30Cl2F2N4O2. The molecule has 3 aromatic rings. The number of rotatable bonds is 6. The summed E-state index contributed by atoms with van der Waals surface area (Å²) in [6, 6.07) is 9.11. The van der Waals surface area contributed by atoms with Crippen LogP contribution in [-0.4, -0.2) is 52.9 Å². The molecule has 39 heavy (non-hydrogen) atoms. The number of nitrogens with two attached hydrogens (primary N) is 1. The van der Waals surface area contributed by atoms with Gasteiger partial charge in [-0.1, -0.05) is 29.3 Å². The van der Waals surface area contributed by atoms with E-state index in [-0.39, 0.29) is 38.6 Å². The van der Waals surface area contributed by atoms with Crippen LogP contribution in [0.1, 0.15) is 54.6 Å². The Labute approximate surface area is 236 Å². The number of piperidine rings is 1. The number of nitrogens with zero attached hydrogens (tertiary/aromatic N) is 3. The third kappa shape index (κ3) is 5.83. The molecule has 0 saturated carbocycles. The van der Waals surface area contributed by atoms with Gasteiger partial charge in [0.2, 0.25) is 0 Å². The number of anilines is 1. The van der Waals surface area contributed by atoms with Crippen molar-refractivity contribution in [3.8, 4) is 16.9 Å². The molecule has 10 heteroatoms. The highest BCUT2D eigenvalue weighted by Gasteiger charge is 2.30. The molecule has 1 amide bonds. The zero-order valence-electron chi connectivity index (χ0n) is 21.6. The van der Waals surface area contributed by atoms with E-state index in [4.69, 9.17) is 33.7 Å². The number of halogens is 4. The molecule has 0 spiro atoms. The highest BCUT2D eigenvalue weighted by molar-refractivity contribution is 6.36. The monoisotopic (exact) mass is 574 g/mol. The minimum absolute atomic E-state index is 0.0121.